The zero-order valence-corrected chi connectivity index (χ0v) is 9.53. The van der Waals surface area contributed by atoms with Crippen molar-refractivity contribution in [2.45, 2.75) is 19.8 Å². The van der Waals surface area contributed by atoms with E-state index in [0.717, 1.165) is 17.7 Å². The maximum atomic E-state index is 10.6. The van der Waals surface area contributed by atoms with Crippen LogP contribution in [-0.2, 0) is 11.2 Å². The predicted molar refractivity (Wildman–Crippen MR) is 63.2 cm³/mol. The summed E-state index contributed by atoms with van der Waals surface area (Å²) in [6.07, 6.45) is 1.00. The van der Waals surface area contributed by atoms with E-state index in [1.54, 1.807) is 0 Å². The first-order valence-electron chi connectivity index (χ1n) is 5.34. The van der Waals surface area contributed by atoms with Gasteiger partial charge in [0.15, 0.2) is 0 Å². The summed E-state index contributed by atoms with van der Waals surface area (Å²) in [7, 11) is 0. The van der Waals surface area contributed by atoms with Gasteiger partial charge >= 0.3 is 0 Å². The summed E-state index contributed by atoms with van der Waals surface area (Å²) >= 11 is 0. The predicted octanol–water partition coefficient (Wildman–Crippen LogP) is 0.750. The van der Waals surface area contributed by atoms with Gasteiger partial charge in [0.1, 0.15) is 5.75 Å². The molecule has 1 aromatic rings. The fourth-order valence-electron chi connectivity index (χ4n) is 1.46. The highest BCUT2D eigenvalue weighted by Crippen LogP contribution is 2.20. The molecular formula is C12H18N2O2. The molecule has 4 N–H and O–H groups in total. The van der Waals surface area contributed by atoms with E-state index in [4.69, 9.17) is 16.2 Å². The molecule has 0 saturated carbocycles. The molecule has 0 unspecified atom stereocenters. The normalized spacial score (nSPS) is 10.1. The van der Waals surface area contributed by atoms with E-state index in [2.05, 4.69) is 0 Å². The molecule has 1 rings (SSSR count). The Morgan fingerprint density at radius 2 is 2.19 bits per heavy atom. The van der Waals surface area contributed by atoms with Crippen LogP contribution in [0.5, 0.6) is 5.75 Å². The van der Waals surface area contributed by atoms with Gasteiger partial charge in [0, 0.05) is 0 Å². The lowest BCUT2D eigenvalue weighted by Crippen LogP contribution is -2.15. The Bertz CT molecular complexity index is 364. The number of nitrogens with two attached hydrogens (primary N) is 2. The molecule has 0 radical (unpaired) electrons. The quantitative estimate of drug-likeness (QED) is 0.745. The number of benzene rings is 1. The number of ether oxygens (including phenoxy) is 1. The highest BCUT2D eigenvalue weighted by molar-refractivity contribution is 5.73. The average Bonchev–Trinajstić information content (AvgIpc) is 2.21. The fourth-order valence-corrected chi connectivity index (χ4v) is 1.46. The third kappa shape index (κ3) is 3.90. The first-order valence-corrected chi connectivity index (χ1v) is 5.34. The van der Waals surface area contributed by atoms with E-state index in [9.17, 15) is 4.79 Å². The first kappa shape index (κ1) is 12.5. The molecule has 1 amide bonds. The molecular weight excluding hydrogens is 204 g/mol. The Morgan fingerprint density at radius 3 is 2.81 bits per heavy atom. The second kappa shape index (κ2) is 6.12. The number of amides is 1. The van der Waals surface area contributed by atoms with Crippen LogP contribution in [0.25, 0.3) is 0 Å². The number of carbonyl (C=O) groups excluding carboxylic acids is 1. The van der Waals surface area contributed by atoms with Crippen LogP contribution in [0.2, 0.25) is 0 Å². The SMILES string of the molecule is Cc1ccc(OCCC(N)=O)c(CCN)c1. The molecule has 0 aromatic heterocycles. The average molecular weight is 222 g/mol. The van der Waals surface area contributed by atoms with E-state index in [1.165, 1.54) is 5.56 Å². The lowest BCUT2D eigenvalue weighted by molar-refractivity contribution is -0.118. The van der Waals surface area contributed by atoms with Crippen LogP contribution in [0.15, 0.2) is 18.2 Å². The number of hydrogen-bond donors (Lipinski definition) is 2. The number of primary amides is 1. The van der Waals surface area contributed by atoms with Crippen LogP contribution in [0, 0.1) is 6.92 Å². The molecule has 16 heavy (non-hydrogen) atoms. The van der Waals surface area contributed by atoms with Crippen molar-refractivity contribution in [2.24, 2.45) is 11.5 Å². The van der Waals surface area contributed by atoms with Crippen molar-refractivity contribution >= 4 is 5.91 Å². The molecule has 1 aromatic carbocycles. The van der Waals surface area contributed by atoms with Crippen molar-refractivity contribution in [1.29, 1.82) is 0 Å². The molecule has 0 aliphatic carbocycles. The molecule has 0 aliphatic rings. The smallest absolute Gasteiger partial charge is 0.220 e. The third-order valence-corrected chi connectivity index (χ3v) is 2.24. The molecule has 0 bridgehead atoms. The number of aryl methyl sites for hydroxylation is 1. The molecule has 4 heteroatoms. The zero-order chi connectivity index (χ0) is 12.0. The Kier molecular flexibility index (Phi) is 4.79. The molecule has 0 heterocycles. The van der Waals surface area contributed by atoms with E-state index in [1.807, 2.05) is 25.1 Å². The van der Waals surface area contributed by atoms with Gasteiger partial charge in [0.25, 0.3) is 0 Å². The lowest BCUT2D eigenvalue weighted by Gasteiger charge is -2.11. The zero-order valence-electron chi connectivity index (χ0n) is 9.53. The van der Waals surface area contributed by atoms with Gasteiger partial charge in [-0.1, -0.05) is 17.7 Å². The Balaban J connectivity index is 2.66. The molecule has 0 spiro atoms. The van der Waals surface area contributed by atoms with Crippen LogP contribution >= 0.6 is 0 Å². The van der Waals surface area contributed by atoms with Crippen molar-refractivity contribution in [3.8, 4) is 5.75 Å². The standard InChI is InChI=1S/C12H18N2O2/c1-9-2-3-11(10(8-9)4-6-13)16-7-5-12(14)15/h2-3,8H,4-7,13H2,1H3,(H2,14,15). The Morgan fingerprint density at radius 1 is 1.44 bits per heavy atom. The molecule has 0 saturated heterocycles. The van der Waals surface area contributed by atoms with Gasteiger partial charge in [-0.15, -0.1) is 0 Å². The summed E-state index contributed by atoms with van der Waals surface area (Å²) in [6, 6.07) is 5.92. The van der Waals surface area contributed by atoms with E-state index < -0.39 is 0 Å². The summed E-state index contributed by atoms with van der Waals surface area (Å²) in [5.41, 5.74) is 12.8. The third-order valence-electron chi connectivity index (χ3n) is 2.24. The van der Waals surface area contributed by atoms with Crippen molar-refractivity contribution in [1.82, 2.24) is 0 Å². The van der Waals surface area contributed by atoms with Gasteiger partial charge in [-0.05, 0) is 31.5 Å². The van der Waals surface area contributed by atoms with Crippen molar-refractivity contribution < 1.29 is 9.53 Å². The molecule has 0 aliphatic heterocycles. The Labute approximate surface area is 95.6 Å². The summed E-state index contributed by atoms with van der Waals surface area (Å²) in [5, 5.41) is 0. The lowest BCUT2D eigenvalue weighted by atomic mass is 10.1. The van der Waals surface area contributed by atoms with Gasteiger partial charge in [-0.2, -0.15) is 0 Å². The second-order valence-electron chi connectivity index (χ2n) is 3.71. The van der Waals surface area contributed by atoms with Crippen LogP contribution in [0.4, 0.5) is 0 Å². The van der Waals surface area contributed by atoms with E-state index in [0.29, 0.717) is 13.2 Å². The van der Waals surface area contributed by atoms with Crippen LogP contribution in [0.3, 0.4) is 0 Å². The summed E-state index contributed by atoms with van der Waals surface area (Å²) in [6.45, 7) is 2.92. The van der Waals surface area contributed by atoms with Crippen LogP contribution in [-0.4, -0.2) is 19.1 Å². The molecule has 4 nitrogen and oxygen atoms in total. The van der Waals surface area contributed by atoms with Gasteiger partial charge in [0.2, 0.25) is 5.91 Å². The largest absolute Gasteiger partial charge is 0.493 e. The minimum Gasteiger partial charge on any atom is -0.493 e. The summed E-state index contributed by atoms with van der Waals surface area (Å²) in [5.74, 6) is 0.435. The van der Waals surface area contributed by atoms with Gasteiger partial charge in [0.05, 0.1) is 13.0 Å². The number of hydrogen-bond acceptors (Lipinski definition) is 3. The summed E-state index contributed by atoms with van der Waals surface area (Å²) < 4.78 is 5.50. The minimum absolute atomic E-state index is 0.232. The van der Waals surface area contributed by atoms with Crippen LogP contribution < -0.4 is 16.2 Å². The fraction of sp³-hybridized carbons (Fsp3) is 0.417. The van der Waals surface area contributed by atoms with Crippen molar-refractivity contribution in [2.75, 3.05) is 13.2 Å². The van der Waals surface area contributed by atoms with E-state index in [-0.39, 0.29) is 12.3 Å². The maximum Gasteiger partial charge on any atom is 0.220 e. The highest BCUT2D eigenvalue weighted by atomic mass is 16.5. The van der Waals surface area contributed by atoms with Gasteiger partial charge in [-0.25, -0.2) is 0 Å². The first-order chi connectivity index (χ1) is 7.63. The summed E-state index contributed by atoms with van der Waals surface area (Å²) in [4.78, 5) is 10.6. The topological polar surface area (TPSA) is 78.3 Å². The van der Waals surface area contributed by atoms with Crippen molar-refractivity contribution in [3.63, 3.8) is 0 Å². The van der Waals surface area contributed by atoms with Crippen molar-refractivity contribution in [3.05, 3.63) is 29.3 Å². The maximum absolute atomic E-state index is 10.6. The van der Waals surface area contributed by atoms with Gasteiger partial charge < -0.3 is 16.2 Å². The van der Waals surface area contributed by atoms with Gasteiger partial charge in [-0.3, -0.25) is 4.79 Å². The number of rotatable bonds is 6. The molecule has 0 atom stereocenters. The second-order valence-corrected chi connectivity index (χ2v) is 3.71. The molecule has 88 valence electrons. The van der Waals surface area contributed by atoms with Crippen LogP contribution in [0.1, 0.15) is 17.5 Å². The van der Waals surface area contributed by atoms with E-state index >= 15 is 0 Å². The Hall–Kier alpha value is -1.55. The highest BCUT2D eigenvalue weighted by Gasteiger charge is 2.04. The molecule has 0 fully saturated rings. The monoisotopic (exact) mass is 222 g/mol. The minimum atomic E-state index is -0.354. The number of carbonyl (C=O) groups is 1.